The number of phenolic OH excluding ortho intramolecular Hbond substituents is 1. The molecule has 0 bridgehead atoms. The van der Waals surface area contributed by atoms with Crippen molar-refractivity contribution in [3.05, 3.63) is 102 Å². The van der Waals surface area contributed by atoms with Crippen molar-refractivity contribution in [2.24, 2.45) is 11.7 Å². The molecule has 3 amide bonds. The van der Waals surface area contributed by atoms with Crippen molar-refractivity contribution in [2.45, 2.75) is 63.7 Å². The SMILES string of the molecule is CC(C)CC(N)C(=O)NC(Cc1ccccc1)C(=O)NC(Cc1ccc(O)cc1)C(=O)NC(Cc1c[nH]c2ccccc12)C(=O)O. The maximum Gasteiger partial charge on any atom is 0.326 e. The fourth-order valence-electron chi connectivity index (χ4n) is 5.29. The van der Waals surface area contributed by atoms with Crippen molar-refractivity contribution in [3.63, 3.8) is 0 Å². The first-order chi connectivity index (χ1) is 22.0. The molecule has 4 aromatic rings. The second kappa shape index (κ2) is 15.7. The second-order valence-corrected chi connectivity index (χ2v) is 11.9. The van der Waals surface area contributed by atoms with Crippen LogP contribution in [0.2, 0.25) is 0 Å². The third kappa shape index (κ3) is 9.42. The summed E-state index contributed by atoms with van der Waals surface area (Å²) in [4.78, 5) is 56.0. The van der Waals surface area contributed by atoms with Gasteiger partial charge in [0.15, 0.2) is 0 Å². The van der Waals surface area contributed by atoms with Crippen LogP contribution in [0.15, 0.2) is 85.1 Å². The summed E-state index contributed by atoms with van der Waals surface area (Å²) < 4.78 is 0. The van der Waals surface area contributed by atoms with Gasteiger partial charge in [-0.3, -0.25) is 14.4 Å². The maximum absolute atomic E-state index is 13.8. The average molecular weight is 628 g/mol. The highest BCUT2D eigenvalue weighted by Gasteiger charge is 2.31. The van der Waals surface area contributed by atoms with Crippen LogP contribution in [0.1, 0.15) is 37.0 Å². The molecule has 0 aliphatic rings. The number of carboxylic acid groups (broad SMARTS) is 1. The molecule has 4 atom stereocenters. The molecular formula is C35H41N5O6. The number of hydrogen-bond donors (Lipinski definition) is 7. The minimum absolute atomic E-state index is 0.00382. The Morgan fingerprint density at radius 2 is 1.26 bits per heavy atom. The van der Waals surface area contributed by atoms with Gasteiger partial charge in [0, 0.05) is 36.4 Å². The van der Waals surface area contributed by atoms with Crippen LogP contribution in [-0.2, 0) is 38.4 Å². The number of phenols is 1. The number of carboxylic acids is 1. The van der Waals surface area contributed by atoms with Gasteiger partial charge < -0.3 is 36.9 Å². The zero-order chi connectivity index (χ0) is 33.2. The number of aromatic amines is 1. The van der Waals surface area contributed by atoms with E-state index in [0.29, 0.717) is 17.5 Å². The predicted octanol–water partition coefficient (Wildman–Crippen LogP) is 2.81. The molecule has 242 valence electrons. The highest BCUT2D eigenvalue weighted by molar-refractivity contribution is 5.94. The minimum Gasteiger partial charge on any atom is -0.508 e. The van der Waals surface area contributed by atoms with Gasteiger partial charge in [-0.15, -0.1) is 0 Å². The van der Waals surface area contributed by atoms with Crippen molar-refractivity contribution < 1.29 is 29.4 Å². The van der Waals surface area contributed by atoms with Gasteiger partial charge in [-0.25, -0.2) is 4.79 Å². The lowest BCUT2D eigenvalue weighted by Gasteiger charge is -2.26. The number of H-pyrrole nitrogens is 1. The molecule has 0 saturated heterocycles. The van der Waals surface area contributed by atoms with Crippen LogP contribution in [0.5, 0.6) is 5.75 Å². The van der Waals surface area contributed by atoms with Crippen LogP contribution in [0.4, 0.5) is 0 Å². The van der Waals surface area contributed by atoms with E-state index in [2.05, 4.69) is 20.9 Å². The van der Waals surface area contributed by atoms with E-state index in [-0.39, 0.29) is 30.9 Å². The van der Waals surface area contributed by atoms with Crippen LogP contribution in [0, 0.1) is 5.92 Å². The van der Waals surface area contributed by atoms with E-state index in [0.717, 1.165) is 16.5 Å². The molecule has 0 fully saturated rings. The van der Waals surface area contributed by atoms with Crippen LogP contribution < -0.4 is 21.7 Å². The molecule has 8 N–H and O–H groups in total. The van der Waals surface area contributed by atoms with Crippen molar-refractivity contribution in [3.8, 4) is 5.75 Å². The molecule has 4 rings (SSSR count). The monoisotopic (exact) mass is 627 g/mol. The first kappa shape index (κ1) is 33.7. The van der Waals surface area contributed by atoms with Gasteiger partial charge in [0.05, 0.1) is 6.04 Å². The summed E-state index contributed by atoms with van der Waals surface area (Å²) in [5.41, 5.74) is 9.06. The molecule has 46 heavy (non-hydrogen) atoms. The standard InChI is InChI=1S/C35H41N5O6/c1-21(2)16-27(36)32(42)38-29(17-22-8-4-3-5-9-22)33(43)39-30(18-23-12-14-25(41)15-13-23)34(44)40-31(35(45)46)19-24-20-37-28-11-7-6-10-26(24)28/h3-15,20-21,27,29-31,37,41H,16-19,36H2,1-2H3,(H,38,42)(H,39,43)(H,40,44)(H,45,46). The Hall–Kier alpha value is -5.16. The van der Waals surface area contributed by atoms with Gasteiger partial charge in [0.1, 0.15) is 23.9 Å². The quantitative estimate of drug-likeness (QED) is 0.106. The van der Waals surface area contributed by atoms with Gasteiger partial charge in [0.2, 0.25) is 17.7 Å². The Morgan fingerprint density at radius 3 is 1.87 bits per heavy atom. The van der Waals surface area contributed by atoms with Gasteiger partial charge in [0.25, 0.3) is 0 Å². The van der Waals surface area contributed by atoms with E-state index in [9.17, 15) is 29.4 Å². The van der Waals surface area contributed by atoms with E-state index in [1.165, 1.54) is 12.1 Å². The Balaban J connectivity index is 1.57. The largest absolute Gasteiger partial charge is 0.508 e. The fraction of sp³-hybridized carbons (Fsp3) is 0.314. The summed E-state index contributed by atoms with van der Waals surface area (Å²) in [5.74, 6) is -2.88. The topological polar surface area (TPSA) is 187 Å². The molecule has 1 heterocycles. The maximum atomic E-state index is 13.8. The number of aromatic nitrogens is 1. The Kier molecular flexibility index (Phi) is 11.5. The van der Waals surface area contributed by atoms with Crippen molar-refractivity contribution in [2.75, 3.05) is 0 Å². The fourth-order valence-corrected chi connectivity index (χ4v) is 5.29. The second-order valence-electron chi connectivity index (χ2n) is 11.9. The van der Waals surface area contributed by atoms with Crippen LogP contribution in [0.3, 0.4) is 0 Å². The number of aromatic hydroxyl groups is 1. The van der Waals surface area contributed by atoms with Gasteiger partial charge in [-0.1, -0.05) is 74.5 Å². The smallest absolute Gasteiger partial charge is 0.326 e. The zero-order valence-electron chi connectivity index (χ0n) is 25.9. The number of carbonyl (C=O) groups excluding carboxylic acids is 3. The number of hydrogen-bond acceptors (Lipinski definition) is 6. The molecular weight excluding hydrogens is 586 g/mol. The summed E-state index contributed by atoms with van der Waals surface area (Å²) in [7, 11) is 0. The number of rotatable bonds is 15. The molecule has 0 saturated carbocycles. The van der Waals surface area contributed by atoms with E-state index in [1.54, 1.807) is 18.3 Å². The first-order valence-electron chi connectivity index (χ1n) is 15.3. The van der Waals surface area contributed by atoms with E-state index < -0.39 is 47.9 Å². The van der Waals surface area contributed by atoms with E-state index in [4.69, 9.17) is 5.73 Å². The number of para-hydroxylation sites is 1. The number of amides is 3. The number of carbonyl (C=O) groups is 4. The van der Waals surface area contributed by atoms with Crippen LogP contribution in [-0.4, -0.2) is 63.1 Å². The summed E-state index contributed by atoms with van der Waals surface area (Å²) in [6.07, 6.45) is 2.27. The van der Waals surface area contributed by atoms with Crippen LogP contribution >= 0.6 is 0 Å². The Morgan fingerprint density at radius 1 is 0.717 bits per heavy atom. The molecule has 11 heteroatoms. The molecule has 0 aliphatic carbocycles. The van der Waals surface area contributed by atoms with Gasteiger partial charge in [-0.05, 0) is 47.2 Å². The lowest BCUT2D eigenvalue weighted by molar-refractivity contribution is -0.142. The van der Waals surface area contributed by atoms with Gasteiger partial charge >= 0.3 is 5.97 Å². The Bertz CT molecular complexity index is 1640. The molecule has 0 aliphatic heterocycles. The molecule has 1 aromatic heterocycles. The predicted molar refractivity (Wildman–Crippen MR) is 175 cm³/mol. The lowest BCUT2D eigenvalue weighted by atomic mass is 10.00. The molecule has 0 spiro atoms. The summed E-state index contributed by atoms with van der Waals surface area (Å²) >= 11 is 0. The highest BCUT2D eigenvalue weighted by atomic mass is 16.4. The van der Waals surface area contributed by atoms with E-state index in [1.807, 2.05) is 68.4 Å². The number of aliphatic carboxylic acids is 1. The van der Waals surface area contributed by atoms with Crippen LogP contribution in [0.25, 0.3) is 10.9 Å². The molecule has 3 aromatic carbocycles. The number of nitrogens with two attached hydrogens (primary N) is 1. The van der Waals surface area contributed by atoms with Crippen molar-refractivity contribution in [1.29, 1.82) is 0 Å². The number of benzene rings is 3. The average Bonchev–Trinajstić information content (AvgIpc) is 3.43. The van der Waals surface area contributed by atoms with Crippen molar-refractivity contribution in [1.82, 2.24) is 20.9 Å². The number of fused-ring (bicyclic) bond motifs is 1. The summed E-state index contributed by atoms with van der Waals surface area (Å²) in [6.45, 7) is 3.88. The third-order valence-corrected chi connectivity index (χ3v) is 7.70. The normalized spacial score (nSPS) is 13.8. The summed E-state index contributed by atoms with van der Waals surface area (Å²) in [5, 5.41) is 28.7. The minimum atomic E-state index is -1.29. The third-order valence-electron chi connectivity index (χ3n) is 7.70. The molecule has 11 nitrogen and oxygen atoms in total. The van der Waals surface area contributed by atoms with E-state index >= 15 is 0 Å². The Labute approximate surface area is 267 Å². The summed E-state index contributed by atoms with van der Waals surface area (Å²) in [6, 6.07) is 18.3. The van der Waals surface area contributed by atoms with Crippen molar-refractivity contribution >= 4 is 34.6 Å². The first-order valence-corrected chi connectivity index (χ1v) is 15.3. The highest BCUT2D eigenvalue weighted by Crippen LogP contribution is 2.19. The lowest BCUT2D eigenvalue weighted by Crippen LogP contribution is -2.58. The molecule has 4 unspecified atom stereocenters. The zero-order valence-corrected chi connectivity index (χ0v) is 25.9. The number of nitrogens with one attached hydrogen (secondary N) is 4. The molecule has 0 radical (unpaired) electrons. The van der Waals surface area contributed by atoms with Gasteiger partial charge in [-0.2, -0.15) is 0 Å².